The van der Waals surface area contributed by atoms with Crippen LogP contribution in [-0.4, -0.2) is 29.4 Å². The largest absolute Gasteiger partial charge is 0.493 e. The van der Waals surface area contributed by atoms with Crippen LogP contribution in [0.15, 0.2) is 59.4 Å². The molecule has 0 aliphatic carbocycles. The van der Waals surface area contributed by atoms with Crippen molar-refractivity contribution in [3.8, 4) is 11.5 Å². The lowest BCUT2D eigenvalue weighted by Gasteiger charge is -2.24. The number of carbonyl (C=O) groups excluding carboxylic acids is 1. The molecule has 0 fully saturated rings. The van der Waals surface area contributed by atoms with Crippen LogP contribution in [0.1, 0.15) is 36.1 Å². The van der Waals surface area contributed by atoms with E-state index in [-0.39, 0.29) is 11.8 Å². The van der Waals surface area contributed by atoms with Gasteiger partial charge in [-0.3, -0.25) is 4.79 Å². The molecule has 1 aliphatic heterocycles. The lowest BCUT2D eigenvalue weighted by atomic mass is 9.87. The second kappa shape index (κ2) is 7.87. The van der Waals surface area contributed by atoms with Gasteiger partial charge in [-0.15, -0.1) is 0 Å². The summed E-state index contributed by atoms with van der Waals surface area (Å²) < 4.78 is 18.4. The summed E-state index contributed by atoms with van der Waals surface area (Å²) >= 11 is 0. The average molecular weight is 393 g/mol. The molecule has 1 aromatic carbocycles. The van der Waals surface area contributed by atoms with Crippen LogP contribution < -0.4 is 14.8 Å². The van der Waals surface area contributed by atoms with Crippen molar-refractivity contribution >= 4 is 11.7 Å². The predicted molar refractivity (Wildman–Crippen MR) is 108 cm³/mol. The zero-order valence-electron chi connectivity index (χ0n) is 16.5. The van der Waals surface area contributed by atoms with E-state index in [1.807, 2.05) is 37.3 Å². The molecular formula is C22H23N3O4. The van der Waals surface area contributed by atoms with E-state index in [1.54, 1.807) is 24.3 Å². The van der Waals surface area contributed by atoms with Gasteiger partial charge in [0.15, 0.2) is 11.5 Å². The summed E-state index contributed by atoms with van der Waals surface area (Å²) in [7, 11) is 1.60. The minimum absolute atomic E-state index is 0.0507. The number of fused-ring (bicyclic) bond motifs is 1. The number of hydrogen-bond donors (Lipinski definition) is 1. The maximum atomic E-state index is 12.4. The first-order valence-electron chi connectivity index (χ1n) is 9.38. The first kappa shape index (κ1) is 18.9. The van der Waals surface area contributed by atoms with Crippen molar-refractivity contribution in [2.45, 2.75) is 25.8 Å². The summed E-state index contributed by atoms with van der Waals surface area (Å²) in [4.78, 5) is 12.4. The number of hydrogen-bond acceptors (Lipinski definition) is 5. The van der Waals surface area contributed by atoms with Gasteiger partial charge in [0, 0.05) is 17.9 Å². The molecule has 7 nitrogen and oxygen atoms in total. The molecule has 1 N–H and O–H groups in total. The fourth-order valence-electron chi connectivity index (χ4n) is 3.46. The number of benzene rings is 1. The summed E-state index contributed by atoms with van der Waals surface area (Å²) in [6.07, 6.45) is 3.77. The molecular weight excluding hydrogens is 370 g/mol. The Hall–Kier alpha value is -3.48. The Bertz CT molecular complexity index is 1040. The fourth-order valence-corrected chi connectivity index (χ4v) is 3.46. The number of rotatable bonds is 7. The topological polar surface area (TPSA) is 78.5 Å². The molecule has 0 radical (unpaired) electrons. The van der Waals surface area contributed by atoms with Crippen molar-refractivity contribution in [2.75, 3.05) is 19.0 Å². The predicted octanol–water partition coefficient (Wildman–Crippen LogP) is 3.96. The van der Waals surface area contributed by atoms with Crippen LogP contribution in [-0.2, 0) is 11.3 Å². The van der Waals surface area contributed by atoms with Gasteiger partial charge >= 0.3 is 0 Å². The van der Waals surface area contributed by atoms with Crippen LogP contribution in [0, 0.1) is 0 Å². The molecule has 7 heteroatoms. The maximum Gasteiger partial charge on any atom is 0.226 e. The molecule has 1 amide bonds. The Balaban J connectivity index is 1.65. The number of furan rings is 1. The van der Waals surface area contributed by atoms with E-state index in [0.717, 1.165) is 22.5 Å². The van der Waals surface area contributed by atoms with Crippen LogP contribution in [0.3, 0.4) is 0 Å². The third-order valence-electron chi connectivity index (χ3n) is 4.84. The van der Waals surface area contributed by atoms with E-state index in [1.165, 1.54) is 0 Å². The number of nitrogens with zero attached hydrogens (tertiary/aromatic N) is 2. The Morgan fingerprint density at radius 2 is 2.24 bits per heavy atom. The molecule has 3 aromatic rings. The highest BCUT2D eigenvalue weighted by Crippen LogP contribution is 2.40. The molecule has 29 heavy (non-hydrogen) atoms. The highest BCUT2D eigenvalue weighted by atomic mass is 16.5. The molecule has 150 valence electrons. The molecule has 3 heterocycles. The average Bonchev–Trinajstić information content (AvgIpc) is 3.36. The zero-order chi connectivity index (χ0) is 20.4. The molecule has 0 unspecified atom stereocenters. The maximum absolute atomic E-state index is 12.4. The van der Waals surface area contributed by atoms with Crippen molar-refractivity contribution in [3.05, 3.63) is 71.8 Å². The first-order chi connectivity index (χ1) is 14.0. The zero-order valence-corrected chi connectivity index (χ0v) is 16.5. The van der Waals surface area contributed by atoms with Gasteiger partial charge in [-0.25, -0.2) is 4.68 Å². The van der Waals surface area contributed by atoms with Gasteiger partial charge < -0.3 is 19.2 Å². The van der Waals surface area contributed by atoms with Crippen LogP contribution in [0.25, 0.3) is 0 Å². The summed E-state index contributed by atoms with van der Waals surface area (Å²) in [6, 6.07) is 9.47. The number of amides is 1. The fraction of sp³-hybridized carbons (Fsp3) is 0.273. The quantitative estimate of drug-likeness (QED) is 0.615. The van der Waals surface area contributed by atoms with Gasteiger partial charge in [-0.1, -0.05) is 12.6 Å². The van der Waals surface area contributed by atoms with Crippen molar-refractivity contribution in [1.82, 2.24) is 9.78 Å². The second-order valence-corrected chi connectivity index (χ2v) is 7.15. The highest BCUT2D eigenvalue weighted by Gasteiger charge is 2.30. The van der Waals surface area contributed by atoms with Gasteiger partial charge in [0.2, 0.25) is 5.91 Å². The molecule has 2 aromatic heterocycles. The van der Waals surface area contributed by atoms with E-state index < -0.39 is 0 Å². The van der Waals surface area contributed by atoms with E-state index in [4.69, 9.17) is 13.9 Å². The summed E-state index contributed by atoms with van der Waals surface area (Å²) in [5, 5.41) is 7.42. The van der Waals surface area contributed by atoms with Crippen molar-refractivity contribution in [1.29, 1.82) is 0 Å². The summed E-state index contributed by atoms with van der Waals surface area (Å²) in [5.41, 5.74) is 2.86. The summed E-state index contributed by atoms with van der Waals surface area (Å²) in [5.74, 6) is 2.57. The Labute approximate surface area is 168 Å². The number of anilines is 1. The monoisotopic (exact) mass is 393 g/mol. The van der Waals surface area contributed by atoms with Crippen molar-refractivity contribution in [2.24, 2.45) is 0 Å². The number of aromatic nitrogens is 2. The normalized spacial score (nSPS) is 15.5. The standard InChI is InChI=1S/C22H23N3O4/c1-14(2)13-29-19-7-6-15(9-20(19)27-3)17-10-21(26)24-22-18(17)11-23-25(22)12-16-5-4-8-28-16/h4-9,11,17H,1,10,12-13H2,2-3H3,(H,24,26)/t17-/m0/s1. The van der Waals surface area contributed by atoms with Crippen LogP contribution in [0.2, 0.25) is 0 Å². The molecule has 0 bridgehead atoms. The van der Waals surface area contributed by atoms with Crippen molar-refractivity contribution in [3.63, 3.8) is 0 Å². The Kier molecular flexibility index (Phi) is 5.12. The lowest BCUT2D eigenvalue weighted by molar-refractivity contribution is -0.116. The second-order valence-electron chi connectivity index (χ2n) is 7.15. The third kappa shape index (κ3) is 3.89. The lowest BCUT2D eigenvalue weighted by Crippen LogP contribution is -2.25. The number of nitrogens with one attached hydrogen (secondary N) is 1. The van der Waals surface area contributed by atoms with Gasteiger partial charge in [-0.2, -0.15) is 5.10 Å². The molecule has 0 saturated heterocycles. The minimum atomic E-state index is -0.117. The van der Waals surface area contributed by atoms with E-state index >= 15 is 0 Å². The van der Waals surface area contributed by atoms with Gasteiger partial charge in [-0.05, 0) is 42.3 Å². The summed E-state index contributed by atoms with van der Waals surface area (Å²) in [6.45, 7) is 6.63. The van der Waals surface area contributed by atoms with E-state index in [2.05, 4.69) is 17.0 Å². The minimum Gasteiger partial charge on any atom is -0.493 e. The van der Waals surface area contributed by atoms with Crippen LogP contribution >= 0.6 is 0 Å². The van der Waals surface area contributed by atoms with Crippen LogP contribution in [0.5, 0.6) is 11.5 Å². The van der Waals surface area contributed by atoms with Gasteiger partial charge in [0.1, 0.15) is 24.7 Å². The Morgan fingerprint density at radius 3 is 2.97 bits per heavy atom. The SMILES string of the molecule is C=C(C)COc1ccc([C@@H]2CC(=O)Nc3c2cnn3Cc2ccco2)cc1OC. The third-order valence-corrected chi connectivity index (χ3v) is 4.84. The highest BCUT2D eigenvalue weighted by molar-refractivity contribution is 5.94. The Morgan fingerprint density at radius 1 is 1.38 bits per heavy atom. The van der Waals surface area contributed by atoms with E-state index in [0.29, 0.717) is 36.9 Å². The van der Waals surface area contributed by atoms with Gasteiger partial charge in [0.25, 0.3) is 0 Å². The molecule has 1 atom stereocenters. The number of methoxy groups -OCH3 is 1. The molecule has 1 aliphatic rings. The molecule has 0 saturated carbocycles. The van der Waals surface area contributed by atoms with E-state index in [9.17, 15) is 4.79 Å². The molecule has 4 rings (SSSR count). The first-order valence-corrected chi connectivity index (χ1v) is 9.38. The van der Waals surface area contributed by atoms with Crippen molar-refractivity contribution < 1.29 is 18.7 Å². The number of ether oxygens (including phenoxy) is 2. The smallest absolute Gasteiger partial charge is 0.226 e. The number of carbonyl (C=O) groups is 1. The van der Waals surface area contributed by atoms with Crippen LogP contribution in [0.4, 0.5) is 5.82 Å². The molecule has 0 spiro atoms. The van der Waals surface area contributed by atoms with Gasteiger partial charge in [0.05, 0.1) is 19.6 Å².